The van der Waals surface area contributed by atoms with E-state index in [2.05, 4.69) is 25.8 Å². The van der Waals surface area contributed by atoms with Crippen LogP contribution in [-0.2, 0) is 4.74 Å². The summed E-state index contributed by atoms with van der Waals surface area (Å²) in [6.45, 7) is 4.62. The molecular weight excluding hydrogens is 276 g/mol. The maximum absolute atomic E-state index is 5.44. The van der Waals surface area contributed by atoms with Gasteiger partial charge >= 0.3 is 0 Å². The molecule has 5 heteroatoms. The Balaban J connectivity index is 1.53. The summed E-state index contributed by atoms with van der Waals surface area (Å²) in [7, 11) is 0. The third-order valence-corrected chi connectivity index (χ3v) is 5.51. The van der Waals surface area contributed by atoms with Crippen molar-refractivity contribution in [3.05, 3.63) is 12.4 Å². The van der Waals surface area contributed by atoms with E-state index in [0.717, 1.165) is 50.4 Å². The van der Waals surface area contributed by atoms with Crippen molar-refractivity contribution in [1.29, 1.82) is 0 Å². The van der Waals surface area contributed by atoms with Crippen molar-refractivity contribution >= 4 is 11.6 Å². The fourth-order valence-corrected chi connectivity index (χ4v) is 4.37. The van der Waals surface area contributed by atoms with E-state index in [1.807, 2.05) is 0 Å². The molecule has 120 valence electrons. The third-order valence-electron chi connectivity index (χ3n) is 5.51. The van der Waals surface area contributed by atoms with Crippen LogP contribution in [0, 0.1) is 5.92 Å². The van der Waals surface area contributed by atoms with Gasteiger partial charge in [-0.05, 0) is 31.6 Å². The highest BCUT2D eigenvalue weighted by Gasteiger charge is 2.34. The number of hydrogen-bond donors (Lipinski definition) is 0. The van der Waals surface area contributed by atoms with Crippen LogP contribution in [0.1, 0.15) is 38.5 Å². The number of aromatic nitrogens is 2. The zero-order valence-corrected chi connectivity index (χ0v) is 13.3. The molecule has 1 aromatic heterocycles. The van der Waals surface area contributed by atoms with E-state index in [9.17, 15) is 0 Å². The van der Waals surface area contributed by atoms with Crippen LogP contribution < -0.4 is 9.80 Å². The topological polar surface area (TPSA) is 41.5 Å². The van der Waals surface area contributed by atoms with Crippen molar-refractivity contribution in [2.24, 2.45) is 5.92 Å². The van der Waals surface area contributed by atoms with E-state index in [4.69, 9.17) is 4.74 Å². The minimum Gasteiger partial charge on any atom is -0.378 e. The number of rotatable bonds is 3. The van der Waals surface area contributed by atoms with Crippen molar-refractivity contribution in [1.82, 2.24) is 9.97 Å². The Labute approximate surface area is 132 Å². The molecule has 0 radical (unpaired) electrons. The van der Waals surface area contributed by atoms with E-state index < -0.39 is 0 Å². The molecule has 1 saturated carbocycles. The number of hydrogen-bond acceptors (Lipinski definition) is 5. The third kappa shape index (κ3) is 2.78. The van der Waals surface area contributed by atoms with Crippen molar-refractivity contribution in [3.63, 3.8) is 0 Å². The summed E-state index contributed by atoms with van der Waals surface area (Å²) < 4.78 is 5.44. The summed E-state index contributed by atoms with van der Waals surface area (Å²) in [6.07, 6.45) is 10.0. The normalized spacial score (nSPS) is 26.8. The molecule has 0 N–H and O–H groups in total. The Bertz CT molecular complexity index is 497. The molecule has 3 aliphatic rings. The largest absolute Gasteiger partial charge is 0.378 e. The van der Waals surface area contributed by atoms with Gasteiger partial charge in [-0.25, -0.2) is 9.97 Å². The Morgan fingerprint density at radius 1 is 0.909 bits per heavy atom. The van der Waals surface area contributed by atoms with Crippen LogP contribution in [-0.4, -0.2) is 48.9 Å². The lowest BCUT2D eigenvalue weighted by Gasteiger charge is -2.32. The van der Waals surface area contributed by atoms with Gasteiger partial charge in [-0.15, -0.1) is 0 Å². The van der Waals surface area contributed by atoms with Gasteiger partial charge in [-0.2, -0.15) is 0 Å². The van der Waals surface area contributed by atoms with Crippen LogP contribution in [0.15, 0.2) is 12.4 Å². The highest BCUT2D eigenvalue weighted by atomic mass is 16.5. The minimum atomic E-state index is 0.704. The maximum Gasteiger partial charge on any atom is 0.134 e. The average Bonchev–Trinajstić information content (AvgIpc) is 3.27. The van der Waals surface area contributed by atoms with E-state index in [1.165, 1.54) is 38.5 Å². The molecule has 5 nitrogen and oxygen atoms in total. The SMILES string of the molecule is c1nc(N2CCOCC2)cc(N2CCCC2C2CCCC2)n1. The van der Waals surface area contributed by atoms with Crippen LogP contribution >= 0.6 is 0 Å². The van der Waals surface area contributed by atoms with E-state index >= 15 is 0 Å². The van der Waals surface area contributed by atoms with Gasteiger partial charge in [0.15, 0.2) is 0 Å². The predicted octanol–water partition coefficient (Wildman–Crippen LogP) is 2.47. The fourth-order valence-electron chi connectivity index (χ4n) is 4.37. The first kappa shape index (κ1) is 14.2. The molecule has 0 spiro atoms. The molecule has 0 aromatic carbocycles. The lowest BCUT2D eigenvalue weighted by atomic mass is 9.96. The first-order chi connectivity index (χ1) is 10.9. The molecule has 0 amide bonds. The van der Waals surface area contributed by atoms with Gasteiger partial charge in [0.2, 0.25) is 0 Å². The Morgan fingerprint density at radius 3 is 2.50 bits per heavy atom. The van der Waals surface area contributed by atoms with Crippen molar-refractivity contribution < 1.29 is 4.74 Å². The van der Waals surface area contributed by atoms with Gasteiger partial charge in [0, 0.05) is 31.7 Å². The summed E-state index contributed by atoms with van der Waals surface area (Å²) in [4.78, 5) is 14.0. The molecule has 1 aromatic rings. The van der Waals surface area contributed by atoms with Gasteiger partial charge in [0.05, 0.1) is 13.2 Å². The molecule has 2 aliphatic heterocycles. The molecular formula is C17H26N4O. The van der Waals surface area contributed by atoms with Gasteiger partial charge < -0.3 is 14.5 Å². The number of anilines is 2. The monoisotopic (exact) mass is 302 g/mol. The maximum atomic E-state index is 5.44. The average molecular weight is 302 g/mol. The van der Waals surface area contributed by atoms with Crippen molar-refractivity contribution in [2.45, 2.75) is 44.6 Å². The molecule has 22 heavy (non-hydrogen) atoms. The van der Waals surface area contributed by atoms with Crippen LogP contribution in [0.4, 0.5) is 11.6 Å². The summed E-state index contributed by atoms with van der Waals surface area (Å²) in [5, 5.41) is 0. The summed E-state index contributed by atoms with van der Waals surface area (Å²) in [5.74, 6) is 3.07. The van der Waals surface area contributed by atoms with Crippen LogP contribution in [0.25, 0.3) is 0 Å². The standard InChI is InChI=1S/C17H26N4O/c1-2-5-14(4-1)15-6-3-7-21(15)17-12-16(18-13-19-17)20-8-10-22-11-9-20/h12-15H,1-11H2. The number of morpholine rings is 1. The second-order valence-corrected chi connectivity index (χ2v) is 6.78. The van der Waals surface area contributed by atoms with Crippen molar-refractivity contribution in [3.8, 4) is 0 Å². The minimum absolute atomic E-state index is 0.704. The van der Waals surface area contributed by atoms with Gasteiger partial charge in [0.1, 0.15) is 18.0 Å². The predicted molar refractivity (Wildman–Crippen MR) is 87.4 cm³/mol. The number of ether oxygens (including phenoxy) is 1. The van der Waals surface area contributed by atoms with Crippen LogP contribution in [0.3, 0.4) is 0 Å². The lowest BCUT2D eigenvalue weighted by molar-refractivity contribution is 0.122. The van der Waals surface area contributed by atoms with Gasteiger partial charge in [-0.1, -0.05) is 12.8 Å². The van der Waals surface area contributed by atoms with Crippen LogP contribution in [0.2, 0.25) is 0 Å². The lowest BCUT2D eigenvalue weighted by Crippen LogP contribution is -2.38. The summed E-state index contributed by atoms with van der Waals surface area (Å²) >= 11 is 0. The van der Waals surface area contributed by atoms with Gasteiger partial charge in [-0.3, -0.25) is 0 Å². The molecule has 3 heterocycles. The molecule has 3 fully saturated rings. The van der Waals surface area contributed by atoms with E-state index in [1.54, 1.807) is 6.33 Å². The van der Waals surface area contributed by atoms with Gasteiger partial charge in [0.25, 0.3) is 0 Å². The Morgan fingerprint density at radius 2 is 1.68 bits per heavy atom. The molecule has 1 aliphatic carbocycles. The van der Waals surface area contributed by atoms with Crippen molar-refractivity contribution in [2.75, 3.05) is 42.6 Å². The highest BCUT2D eigenvalue weighted by Crippen LogP contribution is 2.37. The zero-order valence-electron chi connectivity index (χ0n) is 13.3. The Kier molecular flexibility index (Phi) is 4.15. The zero-order chi connectivity index (χ0) is 14.8. The van der Waals surface area contributed by atoms with E-state index in [0.29, 0.717) is 6.04 Å². The molecule has 2 saturated heterocycles. The highest BCUT2D eigenvalue weighted by molar-refractivity contribution is 5.51. The molecule has 1 atom stereocenters. The van der Waals surface area contributed by atoms with E-state index in [-0.39, 0.29) is 0 Å². The smallest absolute Gasteiger partial charge is 0.134 e. The summed E-state index contributed by atoms with van der Waals surface area (Å²) in [6, 6.07) is 2.90. The number of nitrogens with zero attached hydrogens (tertiary/aromatic N) is 4. The molecule has 0 bridgehead atoms. The first-order valence-electron chi connectivity index (χ1n) is 8.83. The second-order valence-electron chi connectivity index (χ2n) is 6.78. The Hall–Kier alpha value is -1.36. The second kappa shape index (κ2) is 6.41. The molecule has 4 rings (SSSR count). The first-order valence-corrected chi connectivity index (χ1v) is 8.83. The van der Waals surface area contributed by atoms with Crippen LogP contribution in [0.5, 0.6) is 0 Å². The summed E-state index contributed by atoms with van der Waals surface area (Å²) in [5.41, 5.74) is 0. The molecule has 1 unspecified atom stereocenters. The fraction of sp³-hybridized carbons (Fsp3) is 0.765. The quantitative estimate of drug-likeness (QED) is 0.858.